The summed E-state index contributed by atoms with van der Waals surface area (Å²) in [6.45, 7) is 4.21. The van der Waals surface area contributed by atoms with Gasteiger partial charge in [-0.05, 0) is 43.7 Å². The van der Waals surface area contributed by atoms with E-state index in [1.807, 2.05) is 26.0 Å². The molecule has 0 fully saturated rings. The van der Waals surface area contributed by atoms with Crippen LogP contribution in [0, 0.1) is 5.82 Å². The first-order valence-corrected chi connectivity index (χ1v) is 7.43. The van der Waals surface area contributed by atoms with Crippen LogP contribution in [-0.2, 0) is 6.54 Å². The molecule has 0 radical (unpaired) electrons. The highest BCUT2D eigenvalue weighted by molar-refractivity contribution is 9.10. The third-order valence-corrected chi connectivity index (χ3v) is 3.61. The summed E-state index contributed by atoms with van der Waals surface area (Å²) in [6, 6.07) is 8.05. The van der Waals surface area contributed by atoms with Crippen molar-refractivity contribution in [3.63, 3.8) is 0 Å². The van der Waals surface area contributed by atoms with E-state index < -0.39 is 5.82 Å². The zero-order valence-electron chi connectivity index (χ0n) is 11.9. The lowest BCUT2D eigenvalue weighted by Gasteiger charge is -2.27. The molecule has 0 saturated heterocycles. The van der Waals surface area contributed by atoms with E-state index in [4.69, 9.17) is 0 Å². The monoisotopic (exact) mass is 350 g/mol. The van der Waals surface area contributed by atoms with Gasteiger partial charge in [0, 0.05) is 29.5 Å². The van der Waals surface area contributed by atoms with E-state index in [2.05, 4.69) is 20.9 Å². The molecule has 2 aromatic rings. The van der Waals surface area contributed by atoms with Crippen molar-refractivity contribution >= 4 is 21.8 Å². The van der Waals surface area contributed by atoms with Crippen LogP contribution in [0.4, 0.5) is 4.39 Å². The molecule has 3 nitrogen and oxygen atoms in total. The van der Waals surface area contributed by atoms with E-state index in [9.17, 15) is 9.18 Å². The Balaban J connectivity index is 2.30. The SMILES string of the molecule is CC(C)N(Cc1cccnc1)C(=O)c1cc(Br)ccc1F. The molecule has 1 aromatic carbocycles. The summed E-state index contributed by atoms with van der Waals surface area (Å²) in [5.74, 6) is -0.840. The van der Waals surface area contributed by atoms with Gasteiger partial charge in [-0.1, -0.05) is 22.0 Å². The molecule has 0 aliphatic heterocycles. The number of nitrogens with zero attached hydrogens (tertiary/aromatic N) is 2. The second kappa shape index (κ2) is 6.80. The number of hydrogen-bond donors (Lipinski definition) is 0. The van der Waals surface area contributed by atoms with E-state index in [-0.39, 0.29) is 17.5 Å². The predicted molar refractivity (Wildman–Crippen MR) is 83.3 cm³/mol. The molecule has 5 heteroatoms. The lowest BCUT2D eigenvalue weighted by Crippen LogP contribution is -2.36. The Morgan fingerprint density at radius 3 is 2.76 bits per heavy atom. The Hall–Kier alpha value is -1.75. The summed E-state index contributed by atoms with van der Waals surface area (Å²) in [7, 11) is 0. The molecule has 0 bridgehead atoms. The van der Waals surface area contributed by atoms with Crippen LogP contribution in [0.5, 0.6) is 0 Å². The molecule has 0 aliphatic rings. The largest absolute Gasteiger partial charge is 0.332 e. The average molecular weight is 351 g/mol. The molecule has 1 heterocycles. The molecular formula is C16H16BrFN2O. The Morgan fingerprint density at radius 2 is 2.14 bits per heavy atom. The Kier molecular flexibility index (Phi) is 5.07. The molecule has 21 heavy (non-hydrogen) atoms. The van der Waals surface area contributed by atoms with E-state index in [1.54, 1.807) is 23.4 Å². The fourth-order valence-corrected chi connectivity index (χ4v) is 2.35. The van der Waals surface area contributed by atoms with Crippen molar-refractivity contribution < 1.29 is 9.18 Å². The zero-order valence-corrected chi connectivity index (χ0v) is 13.5. The molecule has 1 aromatic heterocycles. The molecule has 0 unspecified atom stereocenters. The van der Waals surface area contributed by atoms with Crippen molar-refractivity contribution in [1.82, 2.24) is 9.88 Å². The predicted octanol–water partition coefficient (Wildman–Crippen LogP) is 4.03. The summed E-state index contributed by atoms with van der Waals surface area (Å²) in [6.07, 6.45) is 3.39. The van der Waals surface area contributed by atoms with Gasteiger partial charge in [0.1, 0.15) is 5.82 Å². The van der Waals surface area contributed by atoms with Crippen LogP contribution in [0.2, 0.25) is 0 Å². The number of pyridine rings is 1. The quantitative estimate of drug-likeness (QED) is 0.833. The number of halogens is 2. The van der Waals surface area contributed by atoms with Crippen molar-refractivity contribution in [1.29, 1.82) is 0 Å². The van der Waals surface area contributed by atoms with Crippen molar-refractivity contribution in [2.45, 2.75) is 26.4 Å². The van der Waals surface area contributed by atoms with E-state index in [0.717, 1.165) is 5.56 Å². The van der Waals surface area contributed by atoms with Crippen LogP contribution in [0.3, 0.4) is 0 Å². The fraction of sp³-hybridized carbons (Fsp3) is 0.250. The number of carbonyl (C=O) groups is 1. The molecule has 0 atom stereocenters. The number of amides is 1. The molecule has 2 rings (SSSR count). The number of benzene rings is 1. The molecule has 110 valence electrons. The molecule has 0 N–H and O–H groups in total. The Morgan fingerprint density at radius 1 is 1.38 bits per heavy atom. The van der Waals surface area contributed by atoms with E-state index in [0.29, 0.717) is 11.0 Å². The minimum atomic E-state index is -0.514. The molecular weight excluding hydrogens is 335 g/mol. The zero-order chi connectivity index (χ0) is 15.4. The van der Waals surface area contributed by atoms with Gasteiger partial charge in [-0.2, -0.15) is 0 Å². The lowest BCUT2D eigenvalue weighted by atomic mass is 10.1. The Labute approximate surface area is 131 Å². The normalized spacial score (nSPS) is 10.7. The minimum absolute atomic E-state index is 0.0453. The maximum Gasteiger partial charge on any atom is 0.257 e. The highest BCUT2D eigenvalue weighted by Crippen LogP contribution is 2.19. The number of carbonyl (C=O) groups excluding carboxylic acids is 1. The molecule has 0 spiro atoms. The average Bonchev–Trinajstić information content (AvgIpc) is 2.47. The summed E-state index contributed by atoms with van der Waals surface area (Å²) < 4.78 is 14.6. The van der Waals surface area contributed by atoms with Gasteiger partial charge < -0.3 is 4.90 Å². The van der Waals surface area contributed by atoms with Gasteiger partial charge in [0.2, 0.25) is 0 Å². The second-order valence-corrected chi connectivity index (χ2v) is 5.93. The Bertz CT molecular complexity index is 631. The van der Waals surface area contributed by atoms with Crippen molar-refractivity contribution in [3.05, 3.63) is 64.1 Å². The van der Waals surface area contributed by atoms with E-state index >= 15 is 0 Å². The standard InChI is InChI=1S/C16H16BrFN2O/c1-11(2)20(10-12-4-3-7-19-9-12)16(21)14-8-13(17)5-6-15(14)18/h3-9,11H,10H2,1-2H3. The number of hydrogen-bond acceptors (Lipinski definition) is 2. The van der Waals surface area contributed by atoms with Crippen molar-refractivity contribution in [3.8, 4) is 0 Å². The second-order valence-electron chi connectivity index (χ2n) is 5.01. The number of aromatic nitrogens is 1. The first-order valence-electron chi connectivity index (χ1n) is 6.64. The van der Waals surface area contributed by atoms with Gasteiger partial charge >= 0.3 is 0 Å². The summed E-state index contributed by atoms with van der Waals surface area (Å²) >= 11 is 3.27. The summed E-state index contributed by atoms with van der Waals surface area (Å²) in [5, 5.41) is 0. The molecule has 1 amide bonds. The van der Waals surface area contributed by atoms with Crippen LogP contribution >= 0.6 is 15.9 Å². The van der Waals surface area contributed by atoms with Gasteiger partial charge in [0.15, 0.2) is 0 Å². The van der Waals surface area contributed by atoms with Gasteiger partial charge in [-0.15, -0.1) is 0 Å². The van der Waals surface area contributed by atoms with Gasteiger partial charge in [-0.25, -0.2) is 4.39 Å². The lowest BCUT2D eigenvalue weighted by molar-refractivity contribution is 0.0685. The van der Waals surface area contributed by atoms with Crippen LogP contribution in [-0.4, -0.2) is 21.8 Å². The van der Waals surface area contributed by atoms with Gasteiger partial charge in [0.25, 0.3) is 5.91 Å². The fourth-order valence-electron chi connectivity index (χ4n) is 1.99. The smallest absolute Gasteiger partial charge is 0.257 e. The van der Waals surface area contributed by atoms with E-state index in [1.165, 1.54) is 12.1 Å². The number of rotatable bonds is 4. The summed E-state index contributed by atoms with van der Waals surface area (Å²) in [5.41, 5.74) is 0.983. The minimum Gasteiger partial charge on any atom is -0.332 e. The van der Waals surface area contributed by atoms with Crippen LogP contribution in [0.1, 0.15) is 29.8 Å². The third kappa shape index (κ3) is 3.88. The van der Waals surface area contributed by atoms with Crippen molar-refractivity contribution in [2.75, 3.05) is 0 Å². The third-order valence-electron chi connectivity index (χ3n) is 3.12. The molecule has 0 saturated carbocycles. The van der Waals surface area contributed by atoms with Crippen LogP contribution in [0.15, 0.2) is 47.2 Å². The van der Waals surface area contributed by atoms with Crippen LogP contribution < -0.4 is 0 Å². The first kappa shape index (κ1) is 15.6. The topological polar surface area (TPSA) is 33.2 Å². The maximum absolute atomic E-state index is 13.9. The van der Waals surface area contributed by atoms with Gasteiger partial charge in [0.05, 0.1) is 5.56 Å². The highest BCUT2D eigenvalue weighted by atomic mass is 79.9. The first-order chi connectivity index (χ1) is 9.99. The highest BCUT2D eigenvalue weighted by Gasteiger charge is 2.22. The van der Waals surface area contributed by atoms with Crippen LogP contribution in [0.25, 0.3) is 0 Å². The van der Waals surface area contributed by atoms with Crippen molar-refractivity contribution in [2.24, 2.45) is 0 Å². The maximum atomic E-state index is 13.9. The van der Waals surface area contributed by atoms with Gasteiger partial charge in [-0.3, -0.25) is 9.78 Å². The molecule has 0 aliphatic carbocycles. The summed E-state index contributed by atoms with van der Waals surface area (Å²) in [4.78, 5) is 18.3.